The second-order valence-corrected chi connectivity index (χ2v) is 8.49. The van der Waals surface area contributed by atoms with Crippen molar-refractivity contribution in [3.05, 3.63) is 100 Å². The number of pyridine rings is 1. The van der Waals surface area contributed by atoms with Crippen LogP contribution in [0.3, 0.4) is 0 Å². The molecule has 222 valence electrons. The molecule has 2 aromatic heterocycles. The van der Waals surface area contributed by atoms with Crippen molar-refractivity contribution in [3.63, 3.8) is 0 Å². The topological polar surface area (TPSA) is 115 Å². The van der Waals surface area contributed by atoms with E-state index in [1.54, 1.807) is 36.4 Å². The number of anilines is 2. The average molecular weight is 595 g/mol. The highest BCUT2D eigenvalue weighted by Gasteiger charge is 2.28. The molecule has 3 N–H and O–H groups in total. The number of halogens is 2. The van der Waals surface area contributed by atoms with E-state index < -0.39 is 17.7 Å². The van der Waals surface area contributed by atoms with Gasteiger partial charge in [-0.05, 0) is 72.6 Å². The Kier molecular flexibility index (Phi) is 12.9. The molecule has 42 heavy (non-hydrogen) atoms. The molecule has 3 heterocycles. The van der Waals surface area contributed by atoms with Gasteiger partial charge < -0.3 is 20.3 Å². The zero-order chi connectivity index (χ0) is 31.4. The van der Waals surface area contributed by atoms with Crippen LogP contribution in [-0.2, 0) is 6.42 Å². The minimum atomic E-state index is -1.10. The molecule has 0 saturated heterocycles. The average Bonchev–Trinajstić information content (AvgIpc) is 3.39. The van der Waals surface area contributed by atoms with Crippen LogP contribution in [0.5, 0.6) is 0 Å². The Bertz CT molecular complexity index is 1520. The fourth-order valence-electron chi connectivity index (χ4n) is 4.16. The molecule has 0 atom stereocenters. The number of aromatic nitrogens is 2. The van der Waals surface area contributed by atoms with Gasteiger partial charge in [-0.25, -0.2) is 14.2 Å². The van der Waals surface area contributed by atoms with E-state index in [4.69, 9.17) is 11.6 Å². The second-order valence-electron chi connectivity index (χ2n) is 8.13. The van der Waals surface area contributed by atoms with Gasteiger partial charge in [0.25, 0.3) is 11.8 Å². The number of hydrogen-bond acceptors (Lipinski definition) is 4. The quantitative estimate of drug-likeness (QED) is 0.206. The van der Waals surface area contributed by atoms with E-state index in [9.17, 15) is 23.9 Å². The molecule has 10 heteroatoms. The lowest BCUT2D eigenvalue weighted by molar-refractivity contribution is 0.0690. The molecule has 0 saturated carbocycles. The summed E-state index contributed by atoms with van der Waals surface area (Å²) in [4.78, 5) is 45.6. The zero-order valence-corrected chi connectivity index (χ0v) is 25.3. The van der Waals surface area contributed by atoms with Gasteiger partial charge in [0.05, 0.1) is 16.9 Å². The monoisotopic (exact) mass is 594 g/mol. The molecule has 8 nitrogen and oxygen atoms in total. The number of H-pyrrole nitrogens is 1. The maximum atomic E-state index is 14.2. The molecule has 4 aromatic rings. The van der Waals surface area contributed by atoms with E-state index in [0.29, 0.717) is 34.6 Å². The number of aromatic carboxylic acids is 1. The van der Waals surface area contributed by atoms with Crippen LogP contribution in [0.1, 0.15) is 78.3 Å². The molecule has 1 aliphatic heterocycles. The number of hydrogen-bond donors (Lipinski definition) is 3. The molecular weight excluding hydrogens is 559 g/mol. The Balaban J connectivity index is 0.000000966. The summed E-state index contributed by atoms with van der Waals surface area (Å²) in [6.45, 7) is 12.2. The van der Waals surface area contributed by atoms with Crippen molar-refractivity contribution < 1.29 is 23.9 Å². The fraction of sp³-hybridized carbons (Fsp3) is 0.250. The fourth-order valence-corrected chi connectivity index (χ4v) is 4.36. The van der Waals surface area contributed by atoms with Crippen LogP contribution >= 0.6 is 11.6 Å². The van der Waals surface area contributed by atoms with Gasteiger partial charge in [-0.15, -0.1) is 0 Å². The van der Waals surface area contributed by atoms with E-state index in [1.165, 1.54) is 35.4 Å². The summed E-state index contributed by atoms with van der Waals surface area (Å²) >= 11 is 5.97. The molecular formula is C32H36ClFN4O4. The number of aromatic amines is 1. The van der Waals surface area contributed by atoms with Gasteiger partial charge in [0.15, 0.2) is 0 Å². The normalized spacial score (nSPS) is 11.0. The summed E-state index contributed by atoms with van der Waals surface area (Å²) in [5.74, 6) is -2.42. The highest BCUT2D eigenvalue weighted by Crippen LogP contribution is 2.37. The highest BCUT2D eigenvalue weighted by molar-refractivity contribution is 6.33. The number of carboxylic acids is 1. The molecule has 5 rings (SSSR count). The molecule has 0 aliphatic carbocycles. The number of rotatable bonds is 4. The Hall–Kier alpha value is -4.50. The van der Waals surface area contributed by atoms with Crippen LogP contribution in [0, 0.1) is 5.82 Å². The largest absolute Gasteiger partial charge is 0.477 e. The Morgan fingerprint density at radius 1 is 0.976 bits per heavy atom. The molecule has 2 aromatic carbocycles. The van der Waals surface area contributed by atoms with Gasteiger partial charge in [0, 0.05) is 29.6 Å². The molecule has 0 unspecified atom stereocenters. The summed E-state index contributed by atoms with van der Waals surface area (Å²) < 4.78 is 14.2. The van der Waals surface area contributed by atoms with E-state index in [-0.39, 0.29) is 28.9 Å². The summed E-state index contributed by atoms with van der Waals surface area (Å²) in [6.07, 6.45) is 1.86. The van der Waals surface area contributed by atoms with Crippen LogP contribution in [0.4, 0.5) is 15.8 Å². The van der Waals surface area contributed by atoms with Crippen molar-refractivity contribution in [1.29, 1.82) is 0 Å². The lowest BCUT2D eigenvalue weighted by atomic mass is 10.1. The standard InChI is InChI=1S/C26H18ClFN4O4.3C2H6/c27-23-19(2-1-10-29-23)24(33)30-17-6-3-14(4-7-17)25(34)32-11-9-15-12-20(26(35)36)31-22(15)18-8-5-16(28)13-21(18)32;3*1-2/h1-8,10,12-13,31H,9,11H2,(H,30,33)(H,35,36);3*1-2H3. The second kappa shape index (κ2) is 16.1. The summed E-state index contributed by atoms with van der Waals surface area (Å²) in [5.41, 5.74) is 3.17. The first-order chi connectivity index (χ1) is 20.3. The van der Waals surface area contributed by atoms with Gasteiger partial charge in [-0.2, -0.15) is 0 Å². The number of carbonyl (C=O) groups excluding carboxylic acids is 2. The Morgan fingerprint density at radius 2 is 1.64 bits per heavy atom. The third-order valence-corrected chi connectivity index (χ3v) is 6.19. The lowest BCUT2D eigenvalue weighted by Crippen LogP contribution is -2.32. The SMILES string of the molecule is CC.CC.CC.O=C(O)c1cc2c([nH]1)-c1ccc(F)cc1N(C(=O)c1ccc(NC(=O)c3cccnc3Cl)cc1)CC2. The summed E-state index contributed by atoms with van der Waals surface area (Å²) in [6, 6.07) is 15.0. The number of carbonyl (C=O) groups is 3. The van der Waals surface area contributed by atoms with Crippen LogP contribution in [0.25, 0.3) is 11.3 Å². The van der Waals surface area contributed by atoms with E-state index in [0.717, 1.165) is 5.56 Å². The number of benzene rings is 2. The number of carboxylic acid groups (broad SMARTS) is 1. The smallest absolute Gasteiger partial charge is 0.352 e. The molecule has 0 bridgehead atoms. The predicted molar refractivity (Wildman–Crippen MR) is 166 cm³/mol. The number of nitrogens with zero attached hydrogens (tertiary/aromatic N) is 2. The van der Waals surface area contributed by atoms with Crippen LogP contribution in [0.2, 0.25) is 5.15 Å². The third-order valence-electron chi connectivity index (χ3n) is 5.89. The van der Waals surface area contributed by atoms with Crippen LogP contribution in [0.15, 0.2) is 66.9 Å². The maximum absolute atomic E-state index is 14.2. The first-order valence-corrected chi connectivity index (χ1v) is 14.3. The van der Waals surface area contributed by atoms with Crippen molar-refractivity contribution in [1.82, 2.24) is 9.97 Å². The minimum absolute atomic E-state index is 0.0280. The lowest BCUT2D eigenvalue weighted by Gasteiger charge is -2.23. The predicted octanol–water partition coefficient (Wildman–Crippen LogP) is 8.10. The number of fused-ring (bicyclic) bond motifs is 3. The van der Waals surface area contributed by atoms with Crippen molar-refractivity contribution in [2.24, 2.45) is 0 Å². The first-order valence-electron chi connectivity index (χ1n) is 13.9. The van der Waals surface area contributed by atoms with Crippen molar-refractivity contribution in [3.8, 4) is 11.3 Å². The molecule has 0 fully saturated rings. The van der Waals surface area contributed by atoms with E-state index in [1.807, 2.05) is 41.5 Å². The highest BCUT2D eigenvalue weighted by atomic mass is 35.5. The van der Waals surface area contributed by atoms with E-state index >= 15 is 0 Å². The molecule has 0 radical (unpaired) electrons. The number of nitrogens with one attached hydrogen (secondary N) is 2. The minimum Gasteiger partial charge on any atom is -0.477 e. The van der Waals surface area contributed by atoms with Gasteiger partial charge >= 0.3 is 5.97 Å². The van der Waals surface area contributed by atoms with Gasteiger partial charge in [-0.1, -0.05) is 53.1 Å². The van der Waals surface area contributed by atoms with Gasteiger partial charge in [-0.3, -0.25) is 9.59 Å². The number of amides is 2. The van der Waals surface area contributed by atoms with Crippen LogP contribution < -0.4 is 10.2 Å². The van der Waals surface area contributed by atoms with Gasteiger partial charge in [0.1, 0.15) is 16.7 Å². The first kappa shape index (κ1) is 33.7. The molecule has 1 aliphatic rings. The maximum Gasteiger partial charge on any atom is 0.352 e. The van der Waals surface area contributed by atoms with Crippen LogP contribution in [-0.4, -0.2) is 39.4 Å². The Labute approximate surface area is 250 Å². The third kappa shape index (κ3) is 7.61. The van der Waals surface area contributed by atoms with Gasteiger partial charge in [0.2, 0.25) is 0 Å². The summed E-state index contributed by atoms with van der Waals surface area (Å²) in [5, 5.41) is 12.1. The molecule has 0 spiro atoms. The Morgan fingerprint density at radius 3 is 2.26 bits per heavy atom. The molecule has 2 amide bonds. The summed E-state index contributed by atoms with van der Waals surface area (Å²) in [7, 11) is 0. The van der Waals surface area contributed by atoms with E-state index in [2.05, 4.69) is 15.3 Å². The van der Waals surface area contributed by atoms with Crippen molar-refractivity contribution in [2.45, 2.75) is 48.0 Å². The zero-order valence-electron chi connectivity index (χ0n) is 24.6. The van der Waals surface area contributed by atoms with Crippen molar-refractivity contribution in [2.75, 3.05) is 16.8 Å². The van der Waals surface area contributed by atoms with Crippen molar-refractivity contribution >= 4 is 40.8 Å².